The number of likely N-dealkylation sites (tertiary alicyclic amines) is 1. The van der Waals surface area contributed by atoms with Crippen molar-refractivity contribution in [2.75, 3.05) is 26.2 Å². The zero-order valence-corrected chi connectivity index (χ0v) is 14.6. The largest absolute Gasteiger partial charge is 0.441 e. The number of carbonyl (C=O) groups excluding carboxylic acids is 1. The maximum atomic E-state index is 13.8. The highest BCUT2D eigenvalue weighted by Crippen LogP contribution is 2.24. The Morgan fingerprint density at radius 2 is 2.04 bits per heavy atom. The van der Waals surface area contributed by atoms with Gasteiger partial charge in [0.05, 0.1) is 11.8 Å². The lowest BCUT2D eigenvalue weighted by Crippen LogP contribution is -2.37. The Morgan fingerprint density at radius 1 is 1.23 bits per heavy atom. The number of oxazole rings is 1. The molecule has 1 aliphatic heterocycles. The third-order valence-electron chi connectivity index (χ3n) is 4.51. The highest BCUT2D eigenvalue weighted by molar-refractivity contribution is 5.76. The molecule has 1 amide bonds. The van der Waals surface area contributed by atoms with Crippen LogP contribution in [0.2, 0.25) is 0 Å². The van der Waals surface area contributed by atoms with Gasteiger partial charge in [-0.05, 0) is 38.1 Å². The maximum absolute atomic E-state index is 13.8. The summed E-state index contributed by atoms with van der Waals surface area (Å²) >= 11 is 0. The average molecular weight is 363 g/mol. The second-order valence-electron chi connectivity index (χ2n) is 6.49. The lowest BCUT2D eigenvalue weighted by Gasteiger charge is -2.26. The molecule has 3 rings (SSSR count). The molecule has 140 valence electrons. The van der Waals surface area contributed by atoms with Gasteiger partial charge in [0.15, 0.2) is 11.7 Å². The highest BCUT2D eigenvalue weighted by Gasteiger charge is 2.13. The van der Waals surface area contributed by atoms with E-state index >= 15 is 0 Å². The fourth-order valence-electron chi connectivity index (χ4n) is 3.08. The molecule has 0 unspecified atom stereocenters. The smallest absolute Gasteiger partial charge is 0.220 e. The van der Waals surface area contributed by atoms with E-state index in [-0.39, 0.29) is 23.7 Å². The first-order valence-electron chi connectivity index (χ1n) is 9.01. The summed E-state index contributed by atoms with van der Waals surface area (Å²) in [6.45, 7) is 3.72. The molecule has 1 fully saturated rings. The third kappa shape index (κ3) is 5.11. The molecule has 1 saturated heterocycles. The predicted octanol–water partition coefficient (Wildman–Crippen LogP) is 3.15. The number of benzene rings is 1. The molecule has 5 nitrogen and oxygen atoms in total. The van der Waals surface area contributed by atoms with Crippen LogP contribution < -0.4 is 5.32 Å². The zero-order chi connectivity index (χ0) is 18.4. The second-order valence-corrected chi connectivity index (χ2v) is 6.49. The van der Waals surface area contributed by atoms with Crippen molar-refractivity contribution in [3.63, 3.8) is 0 Å². The summed E-state index contributed by atoms with van der Waals surface area (Å²) in [4.78, 5) is 18.4. The van der Waals surface area contributed by atoms with Gasteiger partial charge in [-0.3, -0.25) is 4.79 Å². The molecule has 1 aromatic carbocycles. The van der Waals surface area contributed by atoms with E-state index in [2.05, 4.69) is 15.2 Å². The van der Waals surface area contributed by atoms with E-state index in [9.17, 15) is 13.6 Å². The first-order chi connectivity index (χ1) is 12.6. The topological polar surface area (TPSA) is 58.4 Å². The van der Waals surface area contributed by atoms with Crippen LogP contribution >= 0.6 is 0 Å². The minimum atomic E-state index is -0.705. The zero-order valence-electron chi connectivity index (χ0n) is 14.6. The van der Waals surface area contributed by atoms with Crippen molar-refractivity contribution in [3.05, 3.63) is 41.9 Å². The SMILES string of the molecule is O=C(CCc1ncc(-c2ccc(F)cc2F)o1)NCCN1CCCCC1. The van der Waals surface area contributed by atoms with Crippen LogP contribution in [0.25, 0.3) is 11.3 Å². The Labute approximate surface area is 151 Å². The predicted molar refractivity (Wildman–Crippen MR) is 93.5 cm³/mol. The summed E-state index contributed by atoms with van der Waals surface area (Å²) in [5.41, 5.74) is 0.149. The maximum Gasteiger partial charge on any atom is 0.220 e. The number of hydrogen-bond acceptors (Lipinski definition) is 4. The molecule has 0 saturated carbocycles. The van der Waals surface area contributed by atoms with Crippen LogP contribution in [0.15, 0.2) is 28.8 Å². The molecular weight excluding hydrogens is 340 g/mol. The Hall–Kier alpha value is -2.28. The van der Waals surface area contributed by atoms with Gasteiger partial charge in [-0.2, -0.15) is 0 Å². The van der Waals surface area contributed by atoms with Crippen molar-refractivity contribution in [1.82, 2.24) is 15.2 Å². The van der Waals surface area contributed by atoms with Crippen molar-refractivity contribution in [2.45, 2.75) is 32.1 Å². The molecule has 0 atom stereocenters. The van der Waals surface area contributed by atoms with E-state index in [4.69, 9.17) is 4.42 Å². The van der Waals surface area contributed by atoms with Crippen molar-refractivity contribution in [2.24, 2.45) is 0 Å². The van der Waals surface area contributed by atoms with Gasteiger partial charge in [0.25, 0.3) is 0 Å². The number of hydrogen-bond donors (Lipinski definition) is 1. The van der Waals surface area contributed by atoms with Crippen LogP contribution in [0.1, 0.15) is 31.6 Å². The van der Waals surface area contributed by atoms with Gasteiger partial charge in [-0.1, -0.05) is 6.42 Å². The molecule has 2 heterocycles. The Balaban J connectivity index is 1.43. The van der Waals surface area contributed by atoms with Crippen LogP contribution in [0.5, 0.6) is 0 Å². The van der Waals surface area contributed by atoms with Gasteiger partial charge in [-0.25, -0.2) is 13.8 Å². The molecule has 0 bridgehead atoms. The van der Waals surface area contributed by atoms with Gasteiger partial charge in [0.1, 0.15) is 11.6 Å². The summed E-state index contributed by atoms with van der Waals surface area (Å²) in [6.07, 6.45) is 5.73. The lowest BCUT2D eigenvalue weighted by molar-refractivity contribution is -0.121. The van der Waals surface area contributed by atoms with Crippen LogP contribution in [-0.4, -0.2) is 42.0 Å². The monoisotopic (exact) mass is 363 g/mol. The van der Waals surface area contributed by atoms with Gasteiger partial charge >= 0.3 is 0 Å². The minimum absolute atomic E-state index is 0.0604. The normalized spacial score (nSPS) is 15.2. The first-order valence-corrected chi connectivity index (χ1v) is 9.01. The van der Waals surface area contributed by atoms with Gasteiger partial charge in [0.2, 0.25) is 5.91 Å². The molecule has 0 spiro atoms. The number of piperidine rings is 1. The van der Waals surface area contributed by atoms with E-state index in [1.165, 1.54) is 31.5 Å². The molecule has 0 aliphatic carbocycles. The quantitative estimate of drug-likeness (QED) is 0.821. The number of carbonyl (C=O) groups is 1. The van der Waals surface area contributed by atoms with Crippen molar-refractivity contribution in [3.8, 4) is 11.3 Å². The third-order valence-corrected chi connectivity index (χ3v) is 4.51. The second kappa shape index (κ2) is 8.89. The molecular formula is C19H23F2N3O2. The van der Waals surface area contributed by atoms with Crippen molar-refractivity contribution < 1.29 is 18.0 Å². The van der Waals surface area contributed by atoms with Gasteiger partial charge < -0.3 is 14.6 Å². The van der Waals surface area contributed by atoms with E-state index in [0.717, 1.165) is 31.8 Å². The van der Waals surface area contributed by atoms with Crippen LogP contribution in [0.4, 0.5) is 8.78 Å². The van der Waals surface area contributed by atoms with Crippen molar-refractivity contribution in [1.29, 1.82) is 0 Å². The summed E-state index contributed by atoms with van der Waals surface area (Å²) < 4.78 is 32.2. The number of rotatable bonds is 7. The molecule has 7 heteroatoms. The summed E-state index contributed by atoms with van der Waals surface area (Å²) in [5, 5.41) is 2.90. The van der Waals surface area contributed by atoms with E-state index < -0.39 is 11.6 Å². The van der Waals surface area contributed by atoms with Crippen LogP contribution in [0, 0.1) is 11.6 Å². The Bertz CT molecular complexity index is 742. The molecule has 1 aliphatic rings. The highest BCUT2D eigenvalue weighted by atomic mass is 19.1. The fourth-order valence-corrected chi connectivity index (χ4v) is 3.08. The minimum Gasteiger partial charge on any atom is -0.441 e. The summed E-state index contributed by atoms with van der Waals surface area (Å²) in [5.74, 6) is -0.831. The lowest BCUT2D eigenvalue weighted by atomic mass is 10.1. The van der Waals surface area contributed by atoms with E-state index in [1.807, 2.05) is 0 Å². The number of nitrogens with one attached hydrogen (secondary N) is 1. The standard InChI is InChI=1S/C19H23F2N3O2/c20-14-4-5-15(16(21)12-14)17-13-23-19(26-17)7-6-18(25)22-8-11-24-9-2-1-3-10-24/h4-5,12-13H,1-3,6-11H2,(H,22,25). The molecule has 0 radical (unpaired) electrons. The Kier molecular flexibility index (Phi) is 6.33. The van der Waals surface area contributed by atoms with Gasteiger partial charge in [-0.15, -0.1) is 0 Å². The fraction of sp³-hybridized carbons (Fsp3) is 0.474. The summed E-state index contributed by atoms with van der Waals surface area (Å²) in [6, 6.07) is 3.27. The molecule has 2 aromatic rings. The van der Waals surface area contributed by atoms with Crippen LogP contribution in [-0.2, 0) is 11.2 Å². The van der Waals surface area contributed by atoms with Gasteiger partial charge in [0, 0.05) is 32.0 Å². The first kappa shape index (κ1) is 18.5. The number of aryl methyl sites for hydroxylation is 1. The number of amides is 1. The average Bonchev–Trinajstić information content (AvgIpc) is 3.09. The van der Waals surface area contributed by atoms with E-state index in [0.29, 0.717) is 18.9 Å². The van der Waals surface area contributed by atoms with E-state index in [1.54, 1.807) is 0 Å². The molecule has 1 aromatic heterocycles. The van der Waals surface area contributed by atoms with Crippen LogP contribution in [0.3, 0.4) is 0 Å². The van der Waals surface area contributed by atoms with Crippen molar-refractivity contribution >= 4 is 5.91 Å². The number of aromatic nitrogens is 1. The summed E-state index contributed by atoms with van der Waals surface area (Å²) in [7, 11) is 0. The molecule has 26 heavy (non-hydrogen) atoms. The number of nitrogens with zero attached hydrogens (tertiary/aromatic N) is 2. The molecule has 1 N–H and O–H groups in total. The Morgan fingerprint density at radius 3 is 2.81 bits per heavy atom. The number of halogens is 2.